The Bertz CT molecular complexity index is 855. The largest absolute Gasteiger partial charge is 0.372 e. The number of carbonyl (C=O) groups excluding carboxylic acids is 1. The lowest BCUT2D eigenvalue weighted by atomic mass is 9.82. The van der Waals surface area contributed by atoms with E-state index in [-0.39, 0.29) is 0 Å². The van der Waals surface area contributed by atoms with Crippen molar-refractivity contribution >= 4 is 22.5 Å². The summed E-state index contributed by atoms with van der Waals surface area (Å²) < 4.78 is 2.11. The summed E-state index contributed by atoms with van der Waals surface area (Å²) in [4.78, 5) is 17.1. The number of amides is 1. The molecule has 1 aromatic heterocycles. The second-order valence-electron chi connectivity index (χ2n) is 8.58. The van der Waals surface area contributed by atoms with Crippen molar-refractivity contribution in [2.24, 2.45) is 5.73 Å². The van der Waals surface area contributed by atoms with E-state index in [1.807, 2.05) is 0 Å². The van der Waals surface area contributed by atoms with E-state index in [4.69, 9.17) is 10.8 Å². The van der Waals surface area contributed by atoms with Gasteiger partial charge in [0, 0.05) is 36.2 Å². The minimum absolute atomic E-state index is 0.352. The van der Waals surface area contributed by atoms with Gasteiger partial charge >= 0.3 is 0 Å². The predicted octanol–water partition coefficient (Wildman–Crippen LogP) is 2.92. The van der Waals surface area contributed by atoms with Gasteiger partial charge in [-0.3, -0.25) is 9.48 Å². The molecular weight excluding hydrogens is 338 g/mol. The maximum atomic E-state index is 12.1. The first-order valence-electron chi connectivity index (χ1n) is 10.4. The van der Waals surface area contributed by atoms with Gasteiger partial charge in [0.15, 0.2) is 5.69 Å². The number of hydrogen-bond donors (Lipinski definition) is 1. The molecule has 27 heavy (non-hydrogen) atoms. The third-order valence-corrected chi connectivity index (χ3v) is 7.06. The smallest absolute Gasteiger partial charge is 0.269 e. The number of rotatable bonds is 3. The fourth-order valence-electron chi connectivity index (χ4n) is 5.55. The Labute approximate surface area is 160 Å². The molecule has 3 aliphatic heterocycles. The Morgan fingerprint density at radius 1 is 1.07 bits per heavy atom. The Hall–Kier alpha value is -2.08. The number of carbonyl (C=O) groups is 1. The SMILES string of the molecule is CN1C2CCCC1CC(n1nc(C(N)=O)c3cc(N4CCCC4)ccc31)C2. The molecule has 3 saturated heterocycles. The van der Waals surface area contributed by atoms with E-state index in [9.17, 15) is 4.79 Å². The quantitative estimate of drug-likeness (QED) is 0.906. The summed E-state index contributed by atoms with van der Waals surface area (Å²) in [6.07, 6.45) is 8.55. The number of fused-ring (bicyclic) bond motifs is 3. The molecule has 2 bridgehead atoms. The number of benzene rings is 1. The number of primary amides is 1. The van der Waals surface area contributed by atoms with E-state index in [0.29, 0.717) is 23.8 Å². The zero-order valence-corrected chi connectivity index (χ0v) is 16.1. The van der Waals surface area contributed by atoms with E-state index in [2.05, 4.69) is 39.7 Å². The number of nitrogens with zero attached hydrogens (tertiary/aromatic N) is 4. The molecule has 4 heterocycles. The lowest BCUT2D eigenvalue weighted by Gasteiger charge is -2.47. The van der Waals surface area contributed by atoms with Crippen molar-refractivity contribution in [3.05, 3.63) is 23.9 Å². The average molecular weight is 367 g/mol. The van der Waals surface area contributed by atoms with Gasteiger partial charge in [-0.15, -0.1) is 0 Å². The van der Waals surface area contributed by atoms with Gasteiger partial charge in [0.05, 0.1) is 11.6 Å². The van der Waals surface area contributed by atoms with Crippen LogP contribution in [-0.2, 0) is 0 Å². The van der Waals surface area contributed by atoms with E-state index in [1.54, 1.807) is 0 Å². The highest BCUT2D eigenvalue weighted by molar-refractivity contribution is 6.05. The molecule has 144 valence electrons. The van der Waals surface area contributed by atoms with Crippen LogP contribution in [0.3, 0.4) is 0 Å². The topological polar surface area (TPSA) is 67.4 Å². The fourth-order valence-corrected chi connectivity index (χ4v) is 5.55. The van der Waals surface area contributed by atoms with Crippen molar-refractivity contribution in [1.29, 1.82) is 0 Å². The highest BCUT2D eigenvalue weighted by atomic mass is 16.1. The lowest BCUT2D eigenvalue weighted by Crippen LogP contribution is -2.50. The number of anilines is 1. The van der Waals surface area contributed by atoms with E-state index >= 15 is 0 Å². The average Bonchev–Trinajstić information content (AvgIpc) is 3.29. The second kappa shape index (κ2) is 6.51. The van der Waals surface area contributed by atoms with Crippen LogP contribution in [0.5, 0.6) is 0 Å². The van der Waals surface area contributed by atoms with Crippen molar-refractivity contribution in [1.82, 2.24) is 14.7 Å². The van der Waals surface area contributed by atoms with Crippen molar-refractivity contribution in [3.8, 4) is 0 Å². The minimum atomic E-state index is -0.426. The number of hydrogen-bond acceptors (Lipinski definition) is 4. The molecule has 3 fully saturated rings. The van der Waals surface area contributed by atoms with Crippen LogP contribution in [0.1, 0.15) is 61.5 Å². The van der Waals surface area contributed by atoms with Crippen LogP contribution >= 0.6 is 0 Å². The third-order valence-electron chi connectivity index (χ3n) is 7.06. The summed E-state index contributed by atoms with van der Waals surface area (Å²) >= 11 is 0. The molecule has 2 atom stereocenters. The summed E-state index contributed by atoms with van der Waals surface area (Å²) in [5.41, 5.74) is 8.37. The van der Waals surface area contributed by atoms with Gasteiger partial charge in [0.2, 0.25) is 0 Å². The molecule has 2 aromatic rings. The summed E-state index contributed by atoms with van der Waals surface area (Å²) in [7, 11) is 2.27. The minimum Gasteiger partial charge on any atom is -0.372 e. The predicted molar refractivity (Wildman–Crippen MR) is 107 cm³/mol. The Morgan fingerprint density at radius 2 is 1.78 bits per heavy atom. The molecule has 3 aliphatic rings. The van der Waals surface area contributed by atoms with Crippen LogP contribution in [0.2, 0.25) is 0 Å². The van der Waals surface area contributed by atoms with Gasteiger partial charge in [-0.1, -0.05) is 6.42 Å². The lowest BCUT2D eigenvalue weighted by molar-refractivity contribution is 0.0379. The van der Waals surface area contributed by atoms with E-state index < -0.39 is 5.91 Å². The molecular formula is C21H29N5O. The van der Waals surface area contributed by atoms with Gasteiger partial charge in [0.1, 0.15) is 0 Å². The molecule has 0 spiro atoms. The number of aromatic nitrogens is 2. The zero-order valence-electron chi connectivity index (χ0n) is 16.1. The second-order valence-corrected chi connectivity index (χ2v) is 8.58. The van der Waals surface area contributed by atoms with Gasteiger partial charge in [-0.2, -0.15) is 5.10 Å². The molecule has 6 heteroatoms. The molecule has 6 nitrogen and oxygen atoms in total. The van der Waals surface area contributed by atoms with Crippen LogP contribution < -0.4 is 10.6 Å². The highest BCUT2D eigenvalue weighted by Gasteiger charge is 2.37. The molecule has 0 saturated carbocycles. The van der Waals surface area contributed by atoms with Gasteiger partial charge in [0.25, 0.3) is 5.91 Å². The van der Waals surface area contributed by atoms with Crippen LogP contribution in [0.25, 0.3) is 10.9 Å². The van der Waals surface area contributed by atoms with E-state index in [1.165, 1.54) is 37.8 Å². The number of nitrogens with two attached hydrogens (primary N) is 1. The van der Waals surface area contributed by atoms with Crippen LogP contribution in [0, 0.1) is 0 Å². The normalized spacial score (nSPS) is 28.8. The van der Waals surface area contributed by atoms with Crippen LogP contribution in [0.4, 0.5) is 5.69 Å². The molecule has 2 N–H and O–H groups in total. The van der Waals surface area contributed by atoms with Gasteiger partial charge in [-0.25, -0.2) is 0 Å². The van der Waals surface area contributed by atoms with Gasteiger partial charge < -0.3 is 15.5 Å². The maximum absolute atomic E-state index is 12.1. The monoisotopic (exact) mass is 367 g/mol. The molecule has 1 amide bonds. The first-order valence-corrected chi connectivity index (χ1v) is 10.4. The van der Waals surface area contributed by atoms with Crippen molar-refractivity contribution in [2.45, 2.75) is 63.1 Å². The third kappa shape index (κ3) is 2.81. The fraction of sp³-hybridized carbons (Fsp3) is 0.619. The maximum Gasteiger partial charge on any atom is 0.269 e. The van der Waals surface area contributed by atoms with Crippen molar-refractivity contribution in [2.75, 3.05) is 25.0 Å². The first-order chi connectivity index (χ1) is 13.1. The van der Waals surface area contributed by atoms with E-state index in [0.717, 1.165) is 36.8 Å². The zero-order chi connectivity index (χ0) is 18.5. The highest BCUT2D eigenvalue weighted by Crippen LogP contribution is 2.40. The summed E-state index contributed by atoms with van der Waals surface area (Å²) in [5, 5.41) is 5.65. The van der Waals surface area contributed by atoms with Crippen molar-refractivity contribution in [3.63, 3.8) is 0 Å². The van der Waals surface area contributed by atoms with Crippen LogP contribution in [-0.4, -0.2) is 52.8 Å². The Balaban J connectivity index is 1.55. The summed E-state index contributed by atoms with van der Waals surface area (Å²) in [5.74, 6) is -0.426. The molecule has 1 aromatic carbocycles. The number of piperidine rings is 2. The van der Waals surface area contributed by atoms with Crippen molar-refractivity contribution < 1.29 is 4.79 Å². The standard InChI is InChI=1S/C21H29N5O/c1-24-14-5-4-6-15(24)12-17(11-14)26-19-8-7-16(25-9-2-3-10-25)13-18(19)20(23-26)21(22)27/h7-8,13-15,17H,2-6,9-12H2,1H3,(H2,22,27). The summed E-state index contributed by atoms with van der Waals surface area (Å²) in [6, 6.07) is 8.07. The summed E-state index contributed by atoms with van der Waals surface area (Å²) in [6.45, 7) is 2.17. The van der Waals surface area contributed by atoms with Gasteiger partial charge in [-0.05, 0) is 63.8 Å². The molecule has 0 aliphatic carbocycles. The molecule has 5 rings (SSSR count). The Kier molecular flexibility index (Phi) is 4.11. The van der Waals surface area contributed by atoms with Crippen LogP contribution in [0.15, 0.2) is 18.2 Å². The molecule has 0 radical (unpaired) electrons. The molecule has 2 unspecified atom stereocenters. The first kappa shape index (κ1) is 17.0. The Morgan fingerprint density at radius 3 is 2.44 bits per heavy atom.